The summed E-state index contributed by atoms with van der Waals surface area (Å²) in [6.07, 6.45) is 0. The van der Waals surface area contributed by atoms with Gasteiger partial charge in [-0.15, -0.1) is 0 Å². The Morgan fingerprint density at radius 3 is 2.50 bits per heavy atom. The largest absolute Gasteiger partial charge is 0.446 e. The summed E-state index contributed by atoms with van der Waals surface area (Å²) in [5.41, 5.74) is -1.96. The number of imidazole rings is 1. The number of fused-ring (bicyclic) bond motifs is 1. The zero-order valence-electron chi connectivity index (χ0n) is 10.9. The first-order chi connectivity index (χ1) is 10.4. The average Bonchev–Trinajstić information content (AvgIpc) is 2.80. The van der Waals surface area contributed by atoms with Gasteiger partial charge in [0.2, 0.25) is 5.95 Å². The van der Waals surface area contributed by atoms with Crippen LogP contribution in [0.4, 0.5) is 24.8 Å². The van der Waals surface area contributed by atoms with Crippen LogP contribution >= 0.6 is 27.7 Å². The van der Waals surface area contributed by atoms with Gasteiger partial charge in [-0.2, -0.15) is 13.2 Å². The molecule has 0 unspecified atom stereocenters. The lowest BCUT2D eigenvalue weighted by Crippen LogP contribution is -1.99. The van der Waals surface area contributed by atoms with Gasteiger partial charge in [0.25, 0.3) is 0 Å². The highest BCUT2D eigenvalue weighted by Crippen LogP contribution is 2.37. The van der Waals surface area contributed by atoms with E-state index in [4.69, 9.17) is 0 Å². The topological polar surface area (TPSA) is 40.7 Å². The minimum atomic E-state index is -4.28. The molecule has 1 aromatic heterocycles. The minimum absolute atomic E-state index is 0.135. The summed E-state index contributed by atoms with van der Waals surface area (Å²) < 4.78 is 37.7. The molecule has 1 heterocycles. The van der Waals surface area contributed by atoms with Gasteiger partial charge in [0.15, 0.2) is 0 Å². The first-order valence-corrected chi connectivity index (χ1v) is 7.78. The fraction of sp³-hybridized carbons (Fsp3) is 0.0714. The Bertz CT molecular complexity index is 799. The van der Waals surface area contributed by atoms with Crippen LogP contribution in [0.15, 0.2) is 51.8 Å². The van der Waals surface area contributed by atoms with Crippen LogP contribution < -0.4 is 5.32 Å². The number of nitrogens with zero attached hydrogens (tertiary/aromatic N) is 1. The molecule has 114 valence electrons. The van der Waals surface area contributed by atoms with Crippen molar-refractivity contribution in [1.29, 1.82) is 0 Å². The number of H-pyrrole nitrogens is 1. The lowest BCUT2D eigenvalue weighted by molar-refractivity contribution is -0.0328. The molecule has 2 aromatic carbocycles. The molecule has 3 rings (SSSR count). The summed E-state index contributed by atoms with van der Waals surface area (Å²) in [5, 5.41) is 3.03. The van der Waals surface area contributed by atoms with Crippen LogP contribution in [0.1, 0.15) is 0 Å². The van der Waals surface area contributed by atoms with Crippen molar-refractivity contribution >= 4 is 50.4 Å². The fourth-order valence-corrected chi connectivity index (χ4v) is 2.82. The average molecular weight is 388 g/mol. The summed E-state index contributed by atoms with van der Waals surface area (Å²) in [4.78, 5) is 7.60. The Balaban J connectivity index is 1.77. The van der Waals surface area contributed by atoms with E-state index in [1.54, 1.807) is 12.1 Å². The highest BCUT2D eigenvalue weighted by Gasteiger charge is 2.28. The molecule has 3 nitrogen and oxygen atoms in total. The van der Waals surface area contributed by atoms with Crippen molar-refractivity contribution in [1.82, 2.24) is 9.97 Å². The molecular formula is C14H9BrF3N3S. The molecular weight excluding hydrogens is 379 g/mol. The Hall–Kier alpha value is -1.67. The number of aromatic amines is 1. The Morgan fingerprint density at radius 1 is 1.09 bits per heavy atom. The van der Waals surface area contributed by atoms with Crippen molar-refractivity contribution in [2.45, 2.75) is 10.4 Å². The maximum atomic E-state index is 12.3. The molecule has 0 spiro atoms. The van der Waals surface area contributed by atoms with Gasteiger partial charge in [0.05, 0.1) is 11.0 Å². The Kier molecular flexibility index (Phi) is 4.05. The van der Waals surface area contributed by atoms with Gasteiger partial charge in [-0.05, 0) is 54.2 Å². The third kappa shape index (κ3) is 3.75. The monoisotopic (exact) mass is 387 g/mol. The smallest absolute Gasteiger partial charge is 0.326 e. The number of anilines is 2. The first-order valence-electron chi connectivity index (χ1n) is 6.17. The lowest BCUT2D eigenvalue weighted by Gasteiger charge is -2.07. The number of aromatic nitrogens is 2. The van der Waals surface area contributed by atoms with E-state index in [2.05, 4.69) is 31.2 Å². The van der Waals surface area contributed by atoms with Gasteiger partial charge < -0.3 is 10.3 Å². The molecule has 0 amide bonds. The molecule has 0 radical (unpaired) electrons. The molecule has 0 aliphatic heterocycles. The van der Waals surface area contributed by atoms with Gasteiger partial charge >= 0.3 is 5.51 Å². The summed E-state index contributed by atoms with van der Waals surface area (Å²) in [6.45, 7) is 0. The van der Waals surface area contributed by atoms with Crippen LogP contribution in [0.25, 0.3) is 11.0 Å². The molecule has 2 N–H and O–H groups in total. The quantitative estimate of drug-likeness (QED) is 0.567. The van der Waals surface area contributed by atoms with Crippen molar-refractivity contribution in [3.8, 4) is 0 Å². The zero-order valence-corrected chi connectivity index (χ0v) is 13.3. The molecule has 0 fully saturated rings. The number of nitrogens with one attached hydrogen (secondary N) is 2. The Labute approximate surface area is 136 Å². The normalized spacial score (nSPS) is 11.8. The number of hydrogen-bond acceptors (Lipinski definition) is 3. The highest BCUT2D eigenvalue weighted by molar-refractivity contribution is 9.10. The SMILES string of the molecule is FC(F)(F)Sc1ccc(Nc2nc3ccc(Br)cc3[nH]2)cc1. The zero-order chi connectivity index (χ0) is 15.7. The third-order valence-electron chi connectivity index (χ3n) is 2.79. The molecule has 0 saturated carbocycles. The van der Waals surface area contributed by atoms with E-state index in [1.807, 2.05) is 18.2 Å². The molecule has 0 saturated heterocycles. The van der Waals surface area contributed by atoms with E-state index in [-0.39, 0.29) is 16.7 Å². The highest BCUT2D eigenvalue weighted by atomic mass is 79.9. The second kappa shape index (κ2) is 5.85. The maximum absolute atomic E-state index is 12.3. The van der Waals surface area contributed by atoms with Gasteiger partial charge in [-0.3, -0.25) is 0 Å². The van der Waals surface area contributed by atoms with Crippen LogP contribution in [-0.4, -0.2) is 15.5 Å². The summed E-state index contributed by atoms with van der Waals surface area (Å²) in [7, 11) is 0. The first kappa shape index (κ1) is 15.2. The summed E-state index contributed by atoms with van der Waals surface area (Å²) in [5.74, 6) is 0.532. The number of thioether (sulfide) groups is 1. The van der Waals surface area contributed by atoms with Crippen LogP contribution in [0.3, 0.4) is 0 Å². The van der Waals surface area contributed by atoms with Gasteiger partial charge in [0.1, 0.15) is 0 Å². The van der Waals surface area contributed by atoms with E-state index in [9.17, 15) is 13.2 Å². The van der Waals surface area contributed by atoms with Crippen LogP contribution in [0, 0.1) is 0 Å². The van der Waals surface area contributed by atoms with Crippen molar-refractivity contribution < 1.29 is 13.2 Å². The fourth-order valence-electron chi connectivity index (χ4n) is 1.92. The molecule has 22 heavy (non-hydrogen) atoms. The molecule has 0 atom stereocenters. The van der Waals surface area contributed by atoms with E-state index in [0.29, 0.717) is 11.6 Å². The van der Waals surface area contributed by atoms with Crippen molar-refractivity contribution in [2.75, 3.05) is 5.32 Å². The molecule has 0 bridgehead atoms. The minimum Gasteiger partial charge on any atom is -0.326 e. The number of benzene rings is 2. The number of alkyl halides is 3. The van der Waals surface area contributed by atoms with Gasteiger partial charge in [-0.1, -0.05) is 15.9 Å². The molecule has 0 aliphatic carbocycles. The molecule has 0 aliphatic rings. The van der Waals surface area contributed by atoms with Gasteiger partial charge in [0, 0.05) is 15.1 Å². The van der Waals surface area contributed by atoms with E-state index >= 15 is 0 Å². The molecule has 3 aromatic rings. The standard InChI is InChI=1S/C14H9BrF3N3S/c15-8-1-6-11-12(7-8)21-13(20-11)19-9-2-4-10(5-3-9)22-14(16,17)18/h1-7H,(H2,19,20,21). The lowest BCUT2D eigenvalue weighted by atomic mass is 10.3. The van der Waals surface area contributed by atoms with E-state index < -0.39 is 5.51 Å². The summed E-state index contributed by atoms with van der Waals surface area (Å²) >= 11 is 3.24. The number of hydrogen-bond donors (Lipinski definition) is 2. The maximum Gasteiger partial charge on any atom is 0.446 e. The van der Waals surface area contributed by atoms with Crippen molar-refractivity contribution in [3.05, 3.63) is 46.9 Å². The predicted molar refractivity (Wildman–Crippen MR) is 85.4 cm³/mol. The van der Waals surface area contributed by atoms with Gasteiger partial charge in [-0.25, -0.2) is 4.98 Å². The van der Waals surface area contributed by atoms with E-state index in [0.717, 1.165) is 15.5 Å². The second-order valence-corrected chi connectivity index (χ2v) is 6.50. The van der Waals surface area contributed by atoms with Crippen LogP contribution in [-0.2, 0) is 0 Å². The van der Waals surface area contributed by atoms with Crippen molar-refractivity contribution in [2.24, 2.45) is 0 Å². The molecule has 8 heteroatoms. The number of halogens is 4. The van der Waals surface area contributed by atoms with E-state index in [1.165, 1.54) is 12.1 Å². The summed E-state index contributed by atoms with van der Waals surface area (Å²) in [6, 6.07) is 11.6. The van der Waals surface area contributed by atoms with Crippen LogP contribution in [0.2, 0.25) is 0 Å². The van der Waals surface area contributed by atoms with Crippen LogP contribution in [0.5, 0.6) is 0 Å². The predicted octanol–water partition coefficient (Wildman–Crippen LogP) is 5.68. The van der Waals surface area contributed by atoms with Crippen molar-refractivity contribution in [3.63, 3.8) is 0 Å². The third-order valence-corrected chi connectivity index (χ3v) is 4.03. The Morgan fingerprint density at radius 2 is 1.82 bits per heavy atom. The second-order valence-electron chi connectivity index (χ2n) is 4.44. The number of rotatable bonds is 3.